The zero-order chi connectivity index (χ0) is 35.4. The number of alkyl halides is 1. The smallest absolute Gasteiger partial charge is 0.270 e. The van der Waals surface area contributed by atoms with Crippen molar-refractivity contribution in [1.82, 2.24) is 30.2 Å². The monoisotopic (exact) mass is 685 g/mol. The Kier molecular flexibility index (Phi) is 11.7. The van der Waals surface area contributed by atoms with Gasteiger partial charge >= 0.3 is 0 Å². The second-order valence-corrected chi connectivity index (χ2v) is 13.7. The number of hydrogen-bond donors (Lipinski definition) is 3. The number of amides is 4. The standard InChI is InChI=1S/C35H49F2N7O5/c1-6-44-28(13-14-38-44)33(46)41-31(29(22-7-8-22)23-9-10-23)34(47)39-27-12-11-24(17-26(27)37)20(2)30(40-32(45)21(3)49-5)35(48)43-16-15-42(4)25(18-36)19-43/h11-14,17,20-23,25,29-31H,6-10,15-16,18-19H2,1-5H3,(H,39,47)(H,40,45)(H,41,46)/t20-,21-,25?,30+,31-/m0/s1. The molecule has 49 heavy (non-hydrogen) atoms. The maximum Gasteiger partial charge on any atom is 0.270 e. The van der Waals surface area contributed by atoms with Crippen LogP contribution in [0.3, 0.4) is 0 Å². The largest absolute Gasteiger partial charge is 0.372 e. The van der Waals surface area contributed by atoms with E-state index in [2.05, 4.69) is 21.0 Å². The quantitative estimate of drug-likeness (QED) is 0.262. The molecule has 0 radical (unpaired) electrons. The van der Waals surface area contributed by atoms with Crippen molar-refractivity contribution < 1.29 is 32.7 Å². The van der Waals surface area contributed by atoms with Gasteiger partial charge in [0.2, 0.25) is 17.7 Å². The van der Waals surface area contributed by atoms with Crippen molar-refractivity contribution in [2.75, 3.05) is 45.8 Å². The summed E-state index contributed by atoms with van der Waals surface area (Å²) in [5, 5.41) is 12.6. The van der Waals surface area contributed by atoms with E-state index in [0.29, 0.717) is 42.7 Å². The first-order valence-corrected chi connectivity index (χ1v) is 17.3. The van der Waals surface area contributed by atoms with Crippen LogP contribution < -0.4 is 16.0 Å². The van der Waals surface area contributed by atoms with Crippen LogP contribution in [0.1, 0.15) is 68.4 Å². The van der Waals surface area contributed by atoms with E-state index in [0.717, 1.165) is 25.7 Å². The molecule has 268 valence electrons. The van der Waals surface area contributed by atoms with Gasteiger partial charge in [-0.3, -0.25) is 28.8 Å². The van der Waals surface area contributed by atoms with Gasteiger partial charge in [-0.1, -0.05) is 13.0 Å². The second-order valence-electron chi connectivity index (χ2n) is 13.7. The minimum absolute atomic E-state index is 0.0549. The van der Waals surface area contributed by atoms with Crippen molar-refractivity contribution in [3.63, 3.8) is 0 Å². The highest BCUT2D eigenvalue weighted by molar-refractivity contribution is 6.01. The number of carbonyl (C=O) groups is 4. The van der Waals surface area contributed by atoms with E-state index in [9.17, 15) is 23.6 Å². The molecule has 1 saturated heterocycles. The first-order valence-electron chi connectivity index (χ1n) is 17.3. The fourth-order valence-electron chi connectivity index (χ4n) is 6.83. The Labute approximate surface area is 286 Å². The lowest BCUT2D eigenvalue weighted by atomic mass is 9.88. The summed E-state index contributed by atoms with van der Waals surface area (Å²) >= 11 is 0. The summed E-state index contributed by atoms with van der Waals surface area (Å²) in [6.07, 6.45) is 4.63. The van der Waals surface area contributed by atoms with Gasteiger partial charge in [-0.2, -0.15) is 5.10 Å². The molecule has 4 amide bonds. The third-order valence-corrected chi connectivity index (χ3v) is 10.4. The Morgan fingerprint density at radius 3 is 2.29 bits per heavy atom. The zero-order valence-corrected chi connectivity index (χ0v) is 29.0. The average molecular weight is 686 g/mol. The van der Waals surface area contributed by atoms with Crippen LogP contribution in [-0.4, -0.2) is 108 Å². The van der Waals surface area contributed by atoms with Crippen LogP contribution in [0.4, 0.5) is 14.5 Å². The van der Waals surface area contributed by atoms with Crippen molar-refractivity contribution in [1.29, 1.82) is 0 Å². The van der Waals surface area contributed by atoms with E-state index < -0.39 is 66.3 Å². The fourth-order valence-corrected chi connectivity index (χ4v) is 6.83. The molecule has 2 aliphatic carbocycles. The predicted octanol–water partition coefficient (Wildman–Crippen LogP) is 2.95. The molecular formula is C35H49F2N7O5. The van der Waals surface area contributed by atoms with Crippen molar-refractivity contribution in [3.8, 4) is 0 Å². The number of benzene rings is 1. The Balaban J connectivity index is 1.35. The van der Waals surface area contributed by atoms with Gasteiger partial charge in [-0.25, -0.2) is 8.78 Å². The van der Waals surface area contributed by atoms with Gasteiger partial charge in [-0.15, -0.1) is 0 Å². The number of likely N-dealkylation sites (N-methyl/N-ethyl adjacent to an activating group) is 1. The molecule has 3 fully saturated rings. The first kappa shape index (κ1) is 36.4. The summed E-state index contributed by atoms with van der Waals surface area (Å²) in [6.45, 7) is 5.99. The minimum Gasteiger partial charge on any atom is -0.372 e. The van der Waals surface area contributed by atoms with Gasteiger partial charge in [0, 0.05) is 45.4 Å². The second kappa shape index (κ2) is 15.8. The van der Waals surface area contributed by atoms with Crippen molar-refractivity contribution in [2.24, 2.45) is 17.8 Å². The van der Waals surface area contributed by atoms with E-state index in [1.165, 1.54) is 24.1 Å². The molecule has 3 N–H and O–H groups in total. The third-order valence-electron chi connectivity index (χ3n) is 10.4. The van der Waals surface area contributed by atoms with Crippen molar-refractivity contribution >= 4 is 29.3 Å². The fraction of sp³-hybridized carbons (Fsp3) is 0.629. The molecule has 2 aromatic rings. The Hall–Kier alpha value is -3.91. The lowest BCUT2D eigenvalue weighted by molar-refractivity contribution is -0.141. The number of anilines is 1. The van der Waals surface area contributed by atoms with Crippen LogP contribution >= 0.6 is 0 Å². The van der Waals surface area contributed by atoms with Gasteiger partial charge in [0.05, 0.1) is 11.7 Å². The maximum absolute atomic E-state index is 15.8. The minimum atomic E-state index is -1.08. The number of halogens is 2. The molecule has 5 rings (SSSR count). The number of carbonyl (C=O) groups excluding carboxylic acids is 4. The number of methoxy groups -OCH3 is 1. The van der Waals surface area contributed by atoms with Crippen LogP contribution in [0.2, 0.25) is 0 Å². The summed E-state index contributed by atoms with van der Waals surface area (Å²) in [5.74, 6) is -2.64. The number of aryl methyl sites for hydroxylation is 1. The number of piperazine rings is 1. The van der Waals surface area contributed by atoms with E-state index in [1.54, 1.807) is 43.9 Å². The van der Waals surface area contributed by atoms with Crippen molar-refractivity contribution in [3.05, 3.63) is 47.5 Å². The molecule has 0 bridgehead atoms. The van der Waals surface area contributed by atoms with E-state index >= 15 is 4.39 Å². The molecule has 1 aliphatic heterocycles. The summed E-state index contributed by atoms with van der Waals surface area (Å²) in [6, 6.07) is 3.48. The van der Waals surface area contributed by atoms with E-state index in [4.69, 9.17) is 4.74 Å². The molecule has 1 aromatic carbocycles. The lowest BCUT2D eigenvalue weighted by Crippen LogP contribution is -2.59. The van der Waals surface area contributed by atoms with Gasteiger partial charge in [0.15, 0.2) is 0 Å². The van der Waals surface area contributed by atoms with Crippen LogP contribution in [0, 0.1) is 23.6 Å². The summed E-state index contributed by atoms with van der Waals surface area (Å²) in [7, 11) is 3.18. The number of aromatic nitrogens is 2. The topological polar surface area (TPSA) is 138 Å². The van der Waals surface area contributed by atoms with Crippen LogP contribution in [0.5, 0.6) is 0 Å². The van der Waals surface area contributed by atoms with E-state index in [-0.39, 0.29) is 18.2 Å². The van der Waals surface area contributed by atoms with Gasteiger partial charge < -0.3 is 25.6 Å². The summed E-state index contributed by atoms with van der Waals surface area (Å²) in [4.78, 5) is 57.3. The maximum atomic E-state index is 15.8. The van der Waals surface area contributed by atoms with E-state index in [1.807, 2.05) is 11.8 Å². The highest BCUT2D eigenvalue weighted by atomic mass is 19.1. The zero-order valence-electron chi connectivity index (χ0n) is 29.0. The number of rotatable bonds is 15. The van der Waals surface area contributed by atoms with Crippen molar-refractivity contribution in [2.45, 2.75) is 83.1 Å². The van der Waals surface area contributed by atoms with Gasteiger partial charge in [0.25, 0.3) is 5.91 Å². The molecular weight excluding hydrogens is 636 g/mol. The number of nitrogens with zero attached hydrogens (tertiary/aromatic N) is 4. The predicted molar refractivity (Wildman–Crippen MR) is 179 cm³/mol. The Morgan fingerprint density at radius 2 is 1.69 bits per heavy atom. The Morgan fingerprint density at radius 1 is 1.00 bits per heavy atom. The highest BCUT2D eigenvalue weighted by Gasteiger charge is 2.48. The number of hydrogen-bond acceptors (Lipinski definition) is 7. The number of nitrogens with one attached hydrogen (secondary N) is 3. The van der Waals surface area contributed by atoms with Crippen LogP contribution in [-0.2, 0) is 25.7 Å². The molecule has 3 aliphatic rings. The Bertz CT molecular complexity index is 1500. The molecule has 2 saturated carbocycles. The molecule has 5 atom stereocenters. The first-order chi connectivity index (χ1) is 23.5. The molecule has 0 spiro atoms. The van der Waals surface area contributed by atoms with Crippen LogP contribution in [0.15, 0.2) is 30.5 Å². The number of ether oxygens (including phenoxy) is 1. The summed E-state index contributed by atoms with van der Waals surface area (Å²) in [5.41, 5.74) is 0.707. The SMILES string of the molecule is CCn1nccc1C(=O)N[C@H](C(=O)Nc1ccc([C@H](C)[C@@H](NC(=O)[C@H](C)OC)C(=O)N2CCN(C)C(CF)C2)cc1F)C(C1CC1)C1CC1. The third kappa shape index (κ3) is 8.46. The molecule has 12 nitrogen and oxygen atoms in total. The molecule has 14 heteroatoms. The molecule has 1 aromatic heterocycles. The van der Waals surface area contributed by atoms with Gasteiger partial charge in [0.1, 0.15) is 36.4 Å². The molecule has 1 unspecified atom stereocenters. The van der Waals surface area contributed by atoms with Gasteiger partial charge in [-0.05, 0) is 88.1 Å². The lowest BCUT2D eigenvalue weighted by Gasteiger charge is -2.40. The molecule has 2 heterocycles. The normalized spacial score (nSPS) is 20.7. The summed E-state index contributed by atoms with van der Waals surface area (Å²) < 4.78 is 36.2. The van der Waals surface area contributed by atoms with Crippen LogP contribution in [0.25, 0.3) is 0 Å². The average Bonchev–Trinajstić information content (AvgIpc) is 4.05. The highest BCUT2D eigenvalue weighted by Crippen LogP contribution is 2.51.